The number of fused-ring (bicyclic) bond motifs is 1. The van der Waals surface area contributed by atoms with Crippen molar-refractivity contribution in [1.82, 2.24) is 29.6 Å². The van der Waals surface area contributed by atoms with Gasteiger partial charge in [-0.3, -0.25) is 9.80 Å². The average molecular weight is 1080 g/mol. The number of aromatic nitrogens is 2. The van der Waals surface area contributed by atoms with Crippen LogP contribution in [0, 0.1) is 0 Å². The molecule has 0 saturated carbocycles. The van der Waals surface area contributed by atoms with Gasteiger partial charge < -0.3 is 25.3 Å². The Labute approximate surface area is 446 Å². The molecule has 7 aromatic rings. The second kappa shape index (κ2) is 23.9. The number of anilines is 5. The van der Waals surface area contributed by atoms with Crippen molar-refractivity contribution in [2.75, 3.05) is 131 Å². The highest BCUT2D eigenvalue weighted by atomic mass is 32.2. The summed E-state index contributed by atoms with van der Waals surface area (Å²) in [5, 5.41) is 13.5. The zero-order valence-electron chi connectivity index (χ0n) is 43.2. The molecule has 392 valence electrons. The average Bonchev–Trinajstić information content (AvgIpc) is 4.09. The van der Waals surface area contributed by atoms with Crippen molar-refractivity contribution in [2.45, 2.75) is 42.4 Å². The molecule has 2 aliphatic rings. The van der Waals surface area contributed by atoms with Gasteiger partial charge in [0.05, 0.1) is 32.6 Å². The number of piperazine rings is 2. The van der Waals surface area contributed by atoms with Gasteiger partial charge in [-0.25, -0.2) is 9.97 Å². The van der Waals surface area contributed by atoms with Gasteiger partial charge in [0.2, 0.25) is 0 Å². The summed E-state index contributed by atoms with van der Waals surface area (Å²) in [7, 11) is -1.41. The van der Waals surface area contributed by atoms with E-state index in [9.17, 15) is 0 Å². The predicted molar refractivity (Wildman–Crippen MR) is 307 cm³/mol. The predicted octanol–water partition coefficient (Wildman–Crippen LogP) is 9.21. The largest absolute Gasteiger partial charge is 0.377 e. The van der Waals surface area contributed by atoms with E-state index in [4.69, 9.17) is 9.97 Å². The number of sulfonamides is 2. The molecule has 19 heteroatoms. The van der Waals surface area contributed by atoms with E-state index in [0.29, 0.717) is 33.3 Å². The van der Waals surface area contributed by atoms with Crippen molar-refractivity contribution in [1.29, 1.82) is 0 Å². The van der Waals surface area contributed by atoms with Gasteiger partial charge in [-0.05, 0) is 81.0 Å². The van der Waals surface area contributed by atoms with Crippen molar-refractivity contribution in [3.8, 4) is 22.5 Å². The van der Waals surface area contributed by atoms with Gasteiger partial charge in [0, 0.05) is 131 Å². The quantitative estimate of drug-likeness (QED) is 0.0493. The van der Waals surface area contributed by atoms with Gasteiger partial charge in [0.25, 0.3) is 20.0 Å². The summed E-state index contributed by atoms with van der Waals surface area (Å²) < 4.78 is 66.0. The van der Waals surface area contributed by atoms with Gasteiger partial charge in [-0.15, -0.1) is 22.7 Å². The lowest BCUT2D eigenvalue weighted by molar-refractivity contribution is 0.158. The van der Waals surface area contributed by atoms with Gasteiger partial charge in [-0.2, -0.15) is 25.7 Å². The van der Waals surface area contributed by atoms with Crippen LogP contribution in [0.1, 0.15) is 31.7 Å². The fourth-order valence-corrected chi connectivity index (χ4v) is 14.4. The highest BCUT2D eigenvalue weighted by Crippen LogP contribution is 2.40. The third-order valence-corrected chi connectivity index (χ3v) is 19.0. The number of hydrazine groups is 1. The number of hydrogen-bond acceptors (Lipinski definition) is 15. The molecule has 5 aromatic carbocycles. The number of benzene rings is 5. The molecule has 0 spiro atoms. The lowest BCUT2D eigenvalue weighted by Gasteiger charge is -2.36. The SMILES string of the molecule is CCCCCc1ccc(S(=O)(=O)N(c2cccc(-c3csc(NCCN4CCN(C)CC4)n3)c2)N(c2cccc(-c3csc(NCCN4CCN(C)CC4)n3)c2)S(=O)(=O)c2cccc3c(N(C)C)cccc23)cc1. The first-order valence-electron chi connectivity index (χ1n) is 25.6. The minimum atomic E-state index is -4.81. The van der Waals surface area contributed by atoms with E-state index in [2.05, 4.69) is 51.3 Å². The second-order valence-corrected chi connectivity index (χ2v) is 24.7. The molecule has 0 amide bonds. The first kappa shape index (κ1) is 53.2. The summed E-state index contributed by atoms with van der Waals surface area (Å²) in [5.74, 6) is 0. The van der Waals surface area contributed by atoms with E-state index < -0.39 is 20.0 Å². The van der Waals surface area contributed by atoms with Crippen molar-refractivity contribution < 1.29 is 16.8 Å². The molecule has 2 aromatic heterocycles. The number of unbranched alkanes of at least 4 members (excludes halogenated alkanes) is 2. The minimum absolute atomic E-state index is 0.0565. The van der Waals surface area contributed by atoms with Crippen molar-refractivity contribution in [3.63, 3.8) is 0 Å². The number of nitrogens with one attached hydrogen (secondary N) is 2. The van der Waals surface area contributed by atoms with E-state index in [1.54, 1.807) is 66.7 Å². The summed E-state index contributed by atoms with van der Waals surface area (Å²) in [6.07, 6.45) is 3.89. The molecule has 2 aliphatic heterocycles. The number of rotatable bonds is 22. The molecule has 2 fully saturated rings. The molecule has 0 unspecified atom stereocenters. The molecule has 2 saturated heterocycles. The third kappa shape index (κ3) is 12.4. The standard InChI is InChI=1S/C55H69N11O4S4/c1-6-7-8-13-42-22-24-47(25-23-42)73(67,68)65(45-16-9-14-43(38-45)50-40-71-54(58-50)56-26-28-63-34-30-61(4)31-35-63)66(74(69,70)53-21-12-18-48-49(53)19-11-20-52(48)60(2)3)46-17-10-15-44(39-46)51-41-72-55(59-51)57-27-29-64-36-32-62(5)33-37-64/h9-12,14-25,38-41H,6-8,13,26-37H2,1-5H3,(H,56,58)(H,57,59). The Morgan fingerprint density at radius 2 is 1.08 bits per heavy atom. The first-order chi connectivity index (χ1) is 35.8. The zero-order chi connectivity index (χ0) is 51.8. The van der Waals surface area contributed by atoms with Crippen LogP contribution in [0.4, 0.5) is 27.3 Å². The molecule has 0 atom stereocenters. The van der Waals surface area contributed by atoms with Crippen molar-refractivity contribution in [3.05, 3.63) is 126 Å². The molecule has 0 aliphatic carbocycles. The maximum atomic E-state index is 16.2. The van der Waals surface area contributed by atoms with Crippen molar-refractivity contribution >= 4 is 80.8 Å². The van der Waals surface area contributed by atoms with E-state index >= 15 is 16.8 Å². The van der Waals surface area contributed by atoms with Gasteiger partial charge in [0.15, 0.2) is 10.3 Å². The summed E-state index contributed by atoms with van der Waals surface area (Å²) in [4.78, 5) is 21.3. The summed E-state index contributed by atoms with van der Waals surface area (Å²) in [5.41, 5.74) is 4.54. The molecule has 0 radical (unpaired) electrons. The highest BCUT2D eigenvalue weighted by molar-refractivity contribution is 7.97. The topological polar surface area (TPSA) is 141 Å². The Morgan fingerprint density at radius 1 is 0.581 bits per heavy atom. The van der Waals surface area contributed by atoms with Crippen LogP contribution in [0.3, 0.4) is 0 Å². The second-order valence-electron chi connectivity index (χ2n) is 19.4. The van der Waals surface area contributed by atoms with Crippen LogP contribution in [-0.2, 0) is 26.5 Å². The minimum Gasteiger partial charge on any atom is -0.377 e. The van der Waals surface area contributed by atoms with Gasteiger partial charge in [-0.1, -0.05) is 80.4 Å². The van der Waals surface area contributed by atoms with Crippen LogP contribution >= 0.6 is 22.7 Å². The van der Waals surface area contributed by atoms with E-state index in [-0.39, 0.29) is 21.2 Å². The Kier molecular flexibility index (Phi) is 17.2. The number of aryl methyl sites for hydroxylation is 1. The first-order valence-corrected chi connectivity index (χ1v) is 30.2. The maximum absolute atomic E-state index is 16.2. The Balaban J connectivity index is 1.14. The summed E-state index contributed by atoms with van der Waals surface area (Å²) >= 11 is 2.95. The summed E-state index contributed by atoms with van der Waals surface area (Å²) in [6, 6.07) is 31.4. The van der Waals surface area contributed by atoms with Crippen LogP contribution in [0.15, 0.2) is 130 Å². The normalized spacial score (nSPS) is 15.4. The van der Waals surface area contributed by atoms with E-state index in [0.717, 1.165) is 135 Å². The third-order valence-electron chi connectivity index (χ3n) is 13.9. The molecule has 74 heavy (non-hydrogen) atoms. The zero-order valence-corrected chi connectivity index (χ0v) is 46.4. The number of nitrogens with zero attached hydrogens (tertiary/aromatic N) is 9. The molecule has 2 N–H and O–H groups in total. The van der Waals surface area contributed by atoms with Crippen LogP contribution in [0.5, 0.6) is 0 Å². The molecular weight excluding hydrogens is 1010 g/mol. The highest BCUT2D eigenvalue weighted by Gasteiger charge is 2.40. The number of thiazole rings is 2. The monoisotopic (exact) mass is 1080 g/mol. The van der Waals surface area contributed by atoms with E-state index in [1.165, 1.54) is 22.7 Å². The van der Waals surface area contributed by atoms with Gasteiger partial charge >= 0.3 is 0 Å². The Morgan fingerprint density at radius 3 is 1.61 bits per heavy atom. The summed E-state index contributed by atoms with van der Waals surface area (Å²) in [6.45, 7) is 13.6. The van der Waals surface area contributed by atoms with Crippen molar-refractivity contribution in [2.24, 2.45) is 0 Å². The Hall–Kier alpha value is -5.64. The van der Waals surface area contributed by atoms with Crippen LogP contribution in [0.25, 0.3) is 33.3 Å². The molecule has 0 bridgehead atoms. The smallest absolute Gasteiger partial charge is 0.283 e. The lowest BCUT2D eigenvalue weighted by Crippen LogP contribution is -2.50. The van der Waals surface area contributed by atoms with Crippen LogP contribution in [-0.4, -0.2) is 153 Å². The van der Waals surface area contributed by atoms with E-state index in [1.807, 2.05) is 72.2 Å². The molecule has 4 heterocycles. The molecule has 15 nitrogen and oxygen atoms in total. The van der Waals surface area contributed by atoms with Crippen LogP contribution in [0.2, 0.25) is 0 Å². The number of hydrogen-bond donors (Lipinski definition) is 2. The van der Waals surface area contributed by atoms with Gasteiger partial charge in [0.1, 0.15) is 0 Å². The van der Waals surface area contributed by atoms with Crippen LogP contribution < -0.4 is 24.4 Å². The fourth-order valence-electron chi connectivity index (χ4n) is 9.49. The number of likely N-dealkylation sites (N-methyl/N-ethyl adjacent to an activating group) is 2. The fraction of sp³-hybridized carbons (Fsp3) is 0.382. The Bertz CT molecular complexity index is 3200. The molecule has 9 rings (SSSR count). The lowest BCUT2D eigenvalue weighted by atomic mass is 10.1. The molecular formula is C55H69N11O4S4. The maximum Gasteiger partial charge on any atom is 0.283 e.